The molecular weight excluding hydrogens is 528 g/mol. The highest BCUT2D eigenvalue weighted by Crippen LogP contribution is 2.38. The third kappa shape index (κ3) is 5.42. The number of rotatable bonds is 6. The number of anilines is 2. The quantitative estimate of drug-likeness (QED) is 0.409. The summed E-state index contributed by atoms with van der Waals surface area (Å²) in [6.45, 7) is 3.51. The lowest BCUT2D eigenvalue weighted by Gasteiger charge is -2.38. The smallest absolute Gasteiger partial charge is 0.418 e. The molecule has 1 saturated heterocycles. The topological polar surface area (TPSA) is 112 Å². The van der Waals surface area contributed by atoms with Crippen molar-refractivity contribution in [2.45, 2.75) is 37.9 Å². The van der Waals surface area contributed by atoms with Crippen LogP contribution in [-0.4, -0.2) is 42.6 Å². The van der Waals surface area contributed by atoms with E-state index >= 15 is 0 Å². The van der Waals surface area contributed by atoms with Gasteiger partial charge < -0.3 is 10.0 Å². The van der Waals surface area contributed by atoms with Crippen LogP contribution in [0.4, 0.5) is 29.2 Å². The first kappa shape index (κ1) is 27.3. The predicted molar refractivity (Wildman–Crippen MR) is 132 cm³/mol. The summed E-state index contributed by atoms with van der Waals surface area (Å²) in [5, 5.41) is 9.14. The Balaban J connectivity index is 1.68. The van der Waals surface area contributed by atoms with Crippen LogP contribution >= 0.6 is 0 Å². The number of benzene rings is 1. The maximum Gasteiger partial charge on any atom is 0.418 e. The molecule has 0 unspecified atom stereocenters. The van der Waals surface area contributed by atoms with E-state index in [0.717, 1.165) is 12.1 Å². The summed E-state index contributed by atoms with van der Waals surface area (Å²) in [7, 11) is -4.41. The number of halogens is 4. The molecule has 0 amide bonds. The lowest BCUT2D eigenvalue weighted by atomic mass is 9.82. The standard InChI is InChI=1S/C25H24F4N4O4S/c1-15-16(6-3-7-18(15)26)22-17(25(27,28)29)10-11-19(30-22)32-38(36,37)21-9-4-8-20(31-21)33-13-5-12-24(2,14-33)23(34)35/h3-4,6-11H,5,12-14H2,1-2H3,(H,30,32)(H,34,35)/t24-/m1/s1. The normalized spacial score (nSPS) is 18.3. The van der Waals surface area contributed by atoms with Gasteiger partial charge in [0.05, 0.1) is 16.7 Å². The Morgan fingerprint density at radius 1 is 1.11 bits per heavy atom. The van der Waals surface area contributed by atoms with Crippen LogP contribution in [0, 0.1) is 18.2 Å². The summed E-state index contributed by atoms with van der Waals surface area (Å²) in [4.78, 5) is 21.4. The molecule has 2 aromatic heterocycles. The number of piperidine rings is 1. The number of carboxylic acids is 1. The minimum Gasteiger partial charge on any atom is -0.481 e. The summed E-state index contributed by atoms with van der Waals surface area (Å²) >= 11 is 0. The summed E-state index contributed by atoms with van der Waals surface area (Å²) in [6, 6.07) is 9.33. The maximum absolute atomic E-state index is 14.1. The molecule has 0 radical (unpaired) electrons. The van der Waals surface area contributed by atoms with E-state index in [4.69, 9.17) is 0 Å². The van der Waals surface area contributed by atoms with Crippen molar-refractivity contribution in [2.24, 2.45) is 5.41 Å². The molecule has 4 rings (SSSR count). The van der Waals surface area contributed by atoms with Gasteiger partial charge in [0.2, 0.25) is 0 Å². The molecule has 1 fully saturated rings. The minimum absolute atomic E-state index is 0.0743. The maximum atomic E-state index is 14.1. The van der Waals surface area contributed by atoms with E-state index in [-0.39, 0.29) is 23.5 Å². The zero-order valence-corrected chi connectivity index (χ0v) is 21.2. The number of sulfonamides is 1. The lowest BCUT2D eigenvalue weighted by Crippen LogP contribution is -2.46. The molecule has 0 aliphatic carbocycles. The number of pyridine rings is 2. The zero-order chi connectivity index (χ0) is 27.9. The Kier molecular flexibility index (Phi) is 7.08. The third-order valence-corrected chi connectivity index (χ3v) is 7.74. The van der Waals surface area contributed by atoms with Crippen molar-refractivity contribution in [3.63, 3.8) is 0 Å². The second kappa shape index (κ2) is 9.86. The van der Waals surface area contributed by atoms with E-state index in [2.05, 4.69) is 14.7 Å². The highest BCUT2D eigenvalue weighted by molar-refractivity contribution is 7.92. The number of nitrogens with zero attached hydrogens (tertiary/aromatic N) is 3. The van der Waals surface area contributed by atoms with Crippen molar-refractivity contribution >= 4 is 27.6 Å². The van der Waals surface area contributed by atoms with Crippen LogP contribution in [0.1, 0.15) is 30.9 Å². The summed E-state index contributed by atoms with van der Waals surface area (Å²) in [6.07, 6.45) is -3.80. The van der Waals surface area contributed by atoms with E-state index in [9.17, 15) is 35.9 Å². The fourth-order valence-corrected chi connectivity index (χ4v) is 5.31. The van der Waals surface area contributed by atoms with Gasteiger partial charge in [-0.1, -0.05) is 18.2 Å². The SMILES string of the molecule is Cc1c(F)cccc1-c1nc(NS(=O)(=O)c2cccc(N3CCC[C@@](C)(C(=O)O)C3)n2)ccc1C(F)(F)F. The Hall–Kier alpha value is -3.74. The molecule has 1 atom stereocenters. The zero-order valence-electron chi connectivity index (χ0n) is 20.4. The van der Waals surface area contributed by atoms with Crippen molar-refractivity contribution in [3.05, 3.63) is 65.5 Å². The van der Waals surface area contributed by atoms with Gasteiger partial charge in [-0.25, -0.2) is 14.4 Å². The lowest BCUT2D eigenvalue weighted by molar-refractivity contribution is -0.148. The van der Waals surface area contributed by atoms with E-state index in [1.807, 2.05) is 0 Å². The second-order valence-corrected chi connectivity index (χ2v) is 11.0. The minimum atomic E-state index is -4.83. The molecule has 0 bridgehead atoms. The Morgan fingerprint density at radius 2 is 1.82 bits per heavy atom. The number of carbonyl (C=O) groups is 1. The highest BCUT2D eigenvalue weighted by atomic mass is 32.2. The van der Waals surface area contributed by atoms with Crippen LogP contribution < -0.4 is 9.62 Å². The first-order valence-electron chi connectivity index (χ1n) is 11.5. The van der Waals surface area contributed by atoms with Gasteiger partial charge in [-0.15, -0.1) is 0 Å². The van der Waals surface area contributed by atoms with Crippen molar-refractivity contribution < 1.29 is 35.9 Å². The molecule has 3 aromatic rings. The largest absolute Gasteiger partial charge is 0.481 e. The van der Waals surface area contributed by atoms with Crippen molar-refractivity contribution in [1.29, 1.82) is 0 Å². The van der Waals surface area contributed by atoms with Gasteiger partial charge in [0.1, 0.15) is 17.5 Å². The number of alkyl halides is 3. The Labute approximate surface area is 216 Å². The average molecular weight is 553 g/mol. The van der Waals surface area contributed by atoms with Crippen LogP contribution in [0.3, 0.4) is 0 Å². The number of aromatic nitrogens is 2. The van der Waals surface area contributed by atoms with Crippen LogP contribution in [0.25, 0.3) is 11.3 Å². The van der Waals surface area contributed by atoms with Gasteiger partial charge in [-0.2, -0.15) is 21.6 Å². The molecule has 3 heterocycles. The Bertz CT molecular complexity index is 1500. The molecule has 1 aliphatic heterocycles. The first-order valence-corrected chi connectivity index (χ1v) is 13.0. The number of nitrogens with one attached hydrogen (secondary N) is 1. The van der Waals surface area contributed by atoms with E-state index in [1.54, 1.807) is 17.9 Å². The van der Waals surface area contributed by atoms with Crippen LogP contribution in [0.15, 0.2) is 53.6 Å². The average Bonchev–Trinajstić information content (AvgIpc) is 2.85. The molecule has 1 aliphatic rings. The summed E-state index contributed by atoms with van der Waals surface area (Å²) < 4.78 is 83.6. The fourth-order valence-electron chi connectivity index (χ4n) is 4.34. The molecular formula is C25H24F4N4O4S. The van der Waals surface area contributed by atoms with Gasteiger partial charge in [0, 0.05) is 18.7 Å². The fraction of sp³-hybridized carbons (Fsp3) is 0.320. The van der Waals surface area contributed by atoms with Crippen LogP contribution in [-0.2, 0) is 21.0 Å². The van der Waals surface area contributed by atoms with Crippen LogP contribution in [0.2, 0.25) is 0 Å². The van der Waals surface area contributed by atoms with Crippen molar-refractivity contribution in [1.82, 2.24) is 9.97 Å². The third-order valence-electron chi connectivity index (χ3n) is 6.48. The van der Waals surface area contributed by atoms with Crippen molar-refractivity contribution in [2.75, 3.05) is 22.7 Å². The number of hydrogen-bond acceptors (Lipinski definition) is 6. The van der Waals surface area contributed by atoms with Crippen LogP contribution in [0.5, 0.6) is 0 Å². The monoisotopic (exact) mass is 552 g/mol. The van der Waals surface area contributed by atoms with Gasteiger partial charge in [0.15, 0.2) is 5.03 Å². The van der Waals surface area contributed by atoms with Gasteiger partial charge in [-0.05, 0) is 62.6 Å². The summed E-state index contributed by atoms with van der Waals surface area (Å²) in [5.41, 5.74) is -3.01. The molecule has 8 nitrogen and oxygen atoms in total. The van der Waals surface area contributed by atoms with E-state index in [0.29, 0.717) is 25.5 Å². The van der Waals surface area contributed by atoms with Gasteiger partial charge in [-0.3, -0.25) is 9.52 Å². The van der Waals surface area contributed by atoms with Gasteiger partial charge in [0.25, 0.3) is 10.0 Å². The molecule has 0 spiro atoms. The van der Waals surface area contributed by atoms with Gasteiger partial charge >= 0.3 is 12.1 Å². The number of hydrogen-bond donors (Lipinski definition) is 2. The molecule has 0 saturated carbocycles. The first-order chi connectivity index (χ1) is 17.7. The predicted octanol–water partition coefficient (Wildman–Crippen LogP) is 5.10. The summed E-state index contributed by atoms with van der Waals surface area (Å²) in [5.74, 6) is -1.87. The van der Waals surface area contributed by atoms with E-state index in [1.165, 1.54) is 31.2 Å². The second-order valence-electron chi connectivity index (χ2n) is 9.33. The number of aliphatic carboxylic acids is 1. The molecule has 202 valence electrons. The molecule has 2 N–H and O–H groups in total. The molecule has 38 heavy (non-hydrogen) atoms. The number of carboxylic acid groups (broad SMARTS) is 1. The molecule has 1 aromatic carbocycles. The van der Waals surface area contributed by atoms with Crippen molar-refractivity contribution in [3.8, 4) is 11.3 Å². The Morgan fingerprint density at radius 3 is 2.50 bits per heavy atom. The highest BCUT2D eigenvalue weighted by Gasteiger charge is 2.39. The van der Waals surface area contributed by atoms with E-state index < -0.39 is 55.5 Å². The molecule has 13 heteroatoms.